The van der Waals surface area contributed by atoms with Crippen molar-refractivity contribution in [2.45, 2.75) is 31.7 Å². The molecule has 1 aliphatic carbocycles. The molecule has 1 aliphatic rings. The molecule has 0 spiro atoms. The number of aliphatic hydroxyl groups is 1. The molecule has 1 aromatic carbocycles. The Balaban J connectivity index is 2.23. The molecule has 2 rings (SSSR count). The number of nitrogens with zero attached hydrogens (tertiary/aromatic N) is 2. The highest BCUT2D eigenvalue weighted by Gasteiger charge is 2.27. The maximum atomic E-state index is 12.5. The Morgan fingerprint density at radius 2 is 2.10 bits per heavy atom. The molecule has 1 amide bonds. The number of aliphatic hydroxyl groups excluding tert-OH is 1. The number of halogens is 1. The Kier molecular flexibility index (Phi) is 5.14. The number of benzene rings is 1. The summed E-state index contributed by atoms with van der Waals surface area (Å²) in [6.45, 7) is 0.154. The standard InChI is InChI=1S/C14H17ClN2O4/c15-12-9-10(5-6-13(12)17(20)21)14(19)16(7-8-18)11-3-1-2-4-11/h5-6,9,11,18H,1-4,7-8H2. The van der Waals surface area contributed by atoms with E-state index in [2.05, 4.69) is 0 Å². The van der Waals surface area contributed by atoms with Crippen LogP contribution in [0.25, 0.3) is 0 Å². The number of nitro benzene ring substituents is 1. The fraction of sp³-hybridized carbons (Fsp3) is 0.500. The van der Waals surface area contributed by atoms with Gasteiger partial charge >= 0.3 is 0 Å². The highest BCUT2D eigenvalue weighted by Crippen LogP contribution is 2.28. The molecule has 1 aromatic rings. The van der Waals surface area contributed by atoms with Gasteiger partial charge in [0, 0.05) is 24.2 Å². The smallest absolute Gasteiger partial charge is 0.287 e. The van der Waals surface area contributed by atoms with Crippen molar-refractivity contribution in [1.29, 1.82) is 0 Å². The zero-order valence-electron chi connectivity index (χ0n) is 11.5. The fourth-order valence-corrected chi connectivity index (χ4v) is 2.98. The molecule has 0 atom stereocenters. The number of carbonyl (C=O) groups is 1. The van der Waals surface area contributed by atoms with E-state index >= 15 is 0 Å². The second-order valence-corrected chi connectivity index (χ2v) is 5.49. The predicted molar refractivity (Wildman–Crippen MR) is 78.5 cm³/mol. The van der Waals surface area contributed by atoms with Crippen LogP contribution in [0, 0.1) is 10.1 Å². The summed E-state index contributed by atoms with van der Waals surface area (Å²) in [6.07, 6.45) is 3.99. The van der Waals surface area contributed by atoms with Crippen molar-refractivity contribution in [3.8, 4) is 0 Å². The molecule has 7 heteroatoms. The van der Waals surface area contributed by atoms with E-state index in [1.807, 2.05) is 0 Å². The molecule has 0 aliphatic heterocycles. The largest absolute Gasteiger partial charge is 0.395 e. The first-order valence-electron chi connectivity index (χ1n) is 6.90. The van der Waals surface area contributed by atoms with E-state index < -0.39 is 4.92 Å². The van der Waals surface area contributed by atoms with Gasteiger partial charge in [-0.25, -0.2) is 0 Å². The number of rotatable bonds is 5. The first-order chi connectivity index (χ1) is 10.0. The molecule has 0 bridgehead atoms. The van der Waals surface area contributed by atoms with Gasteiger partial charge in [-0.1, -0.05) is 24.4 Å². The van der Waals surface area contributed by atoms with Crippen molar-refractivity contribution in [3.05, 3.63) is 38.9 Å². The van der Waals surface area contributed by atoms with Gasteiger partial charge in [-0.05, 0) is 25.0 Å². The van der Waals surface area contributed by atoms with Gasteiger partial charge in [0.1, 0.15) is 5.02 Å². The normalized spacial score (nSPS) is 15.1. The van der Waals surface area contributed by atoms with Gasteiger partial charge in [-0.3, -0.25) is 14.9 Å². The van der Waals surface area contributed by atoms with Crippen LogP contribution in [0.2, 0.25) is 5.02 Å². The average Bonchev–Trinajstić information content (AvgIpc) is 2.97. The molecular formula is C14H17ClN2O4. The predicted octanol–water partition coefficient (Wildman–Crippen LogP) is 2.63. The molecule has 0 saturated heterocycles. The van der Waals surface area contributed by atoms with Crippen LogP contribution in [-0.2, 0) is 0 Å². The van der Waals surface area contributed by atoms with Crippen molar-refractivity contribution in [1.82, 2.24) is 4.90 Å². The molecule has 0 unspecified atom stereocenters. The molecule has 1 N–H and O–H groups in total. The number of nitro groups is 1. The minimum Gasteiger partial charge on any atom is -0.395 e. The van der Waals surface area contributed by atoms with E-state index in [0.29, 0.717) is 5.56 Å². The zero-order chi connectivity index (χ0) is 15.4. The Bertz CT molecular complexity index is 544. The van der Waals surface area contributed by atoms with E-state index in [-0.39, 0.29) is 35.8 Å². The Labute approximate surface area is 127 Å². The van der Waals surface area contributed by atoms with Crippen LogP contribution >= 0.6 is 11.6 Å². The van der Waals surface area contributed by atoms with E-state index in [1.165, 1.54) is 18.2 Å². The van der Waals surface area contributed by atoms with Gasteiger partial charge in [-0.15, -0.1) is 0 Å². The molecule has 0 heterocycles. The summed E-state index contributed by atoms with van der Waals surface area (Å²) >= 11 is 5.85. The zero-order valence-corrected chi connectivity index (χ0v) is 12.3. The monoisotopic (exact) mass is 312 g/mol. The number of carbonyl (C=O) groups excluding carboxylic acids is 1. The summed E-state index contributed by atoms with van der Waals surface area (Å²) in [5.41, 5.74) is 0.0914. The van der Waals surface area contributed by atoms with Crippen molar-refractivity contribution >= 4 is 23.2 Å². The lowest BCUT2D eigenvalue weighted by Gasteiger charge is -2.28. The van der Waals surface area contributed by atoms with Crippen LogP contribution in [0.3, 0.4) is 0 Å². The quantitative estimate of drug-likeness (QED) is 0.669. The Morgan fingerprint density at radius 1 is 1.43 bits per heavy atom. The van der Waals surface area contributed by atoms with Crippen LogP contribution in [0.15, 0.2) is 18.2 Å². The topological polar surface area (TPSA) is 83.7 Å². The van der Waals surface area contributed by atoms with E-state index in [0.717, 1.165) is 25.7 Å². The second-order valence-electron chi connectivity index (χ2n) is 5.08. The molecule has 1 saturated carbocycles. The van der Waals surface area contributed by atoms with Gasteiger partial charge in [0.2, 0.25) is 0 Å². The lowest BCUT2D eigenvalue weighted by atomic mass is 10.1. The Hall–Kier alpha value is -1.66. The minimum atomic E-state index is -0.584. The van der Waals surface area contributed by atoms with Gasteiger partial charge in [-0.2, -0.15) is 0 Å². The van der Waals surface area contributed by atoms with Crippen molar-refractivity contribution < 1.29 is 14.8 Å². The molecule has 114 valence electrons. The average molecular weight is 313 g/mol. The third kappa shape index (κ3) is 3.51. The number of hydrogen-bond donors (Lipinski definition) is 1. The lowest BCUT2D eigenvalue weighted by Crippen LogP contribution is -2.40. The van der Waals surface area contributed by atoms with Crippen LogP contribution in [0.4, 0.5) is 5.69 Å². The summed E-state index contributed by atoms with van der Waals surface area (Å²) < 4.78 is 0. The van der Waals surface area contributed by atoms with Gasteiger partial charge in [0.25, 0.3) is 11.6 Å². The summed E-state index contributed by atoms with van der Waals surface area (Å²) in [5.74, 6) is -0.243. The molecular weight excluding hydrogens is 296 g/mol. The molecule has 21 heavy (non-hydrogen) atoms. The molecule has 0 aromatic heterocycles. The van der Waals surface area contributed by atoms with Crippen molar-refractivity contribution in [3.63, 3.8) is 0 Å². The summed E-state index contributed by atoms with van der Waals surface area (Å²) in [7, 11) is 0. The number of amides is 1. The van der Waals surface area contributed by atoms with E-state index in [4.69, 9.17) is 16.7 Å². The highest BCUT2D eigenvalue weighted by molar-refractivity contribution is 6.33. The summed E-state index contributed by atoms with van der Waals surface area (Å²) in [4.78, 5) is 24.3. The van der Waals surface area contributed by atoms with Crippen LogP contribution in [-0.4, -0.2) is 40.0 Å². The SMILES string of the molecule is O=C(c1ccc([N+](=O)[O-])c(Cl)c1)N(CCO)C1CCCC1. The number of hydrogen-bond acceptors (Lipinski definition) is 4. The molecule has 0 radical (unpaired) electrons. The maximum Gasteiger partial charge on any atom is 0.287 e. The summed E-state index contributed by atoms with van der Waals surface area (Å²) in [5, 5.41) is 19.8. The first-order valence-corrected chi connectivity index (χ1v) is 7.28. The van der Waals surface area contributed by atoms with Gasteiger partial charge in [0.05, 0.1) is 11.5 Å². The maximum absolute atomic E-state index is 12.5. The van der Waals surface area contributed by atoms with Crippen molar-refractivity contribution in [2.24, 2.45) is 0 Å². The van der Waals surface area contributed by atoms with Crippen LogP contribution in [0.5, 0.6) is 0 Å². The van der Waals surface area contributed by atoms with Gasteiger partial charge < -0.3 is 10.0 Å². The van der Waals surface area contributed by atoms with Crippen LogP contribution in [0.1, 0.15) is 36.0 Å². The third-order valence-electron chi connectivity index (χ3n) is 3.76. The van der Waals surface area contributed by atoms with E-state index in [9.17, 15) is 14.9 Å². The molecule has 1 fully saturated rings. The highest BCUT2D eigenvalue weighted by atomic mass is 35.5. The van der Waals surface area contributed by atoms with Crippen LogP contribution < -0.4 is 0 Å². The van der Waals surface area contributed by atoms with E-state index in [1.54, 1.807) is 4.90 Å². The first kappa shape index (κ1) is 15.7. The molecule has 6 nitrogen and oxygen atoms in total. The second kappa shape index (κ2) is 6.87. The summed E-state index contributed by atoms with van der Waals surface area (Å²) in [6, 6.07) is 4.09. The van der Waals surface area contributed by atoms with Crippen molar-refractivity contribution in [2.75, 3.05) is 13.2 Å². The minimum absolute atomic E-state index is 0.0544. The van der Waals surface area contributed by atoms with Gasteiger partial charge in [0.15, 0.2) is 0 Å². The fourth-order valence-electron chi connectivity index (χ4n) is 2.73. The third-order valence-corrected chi connectivity index (χ3v) is 4.06. The Morgan fingerprint density at radius 3 is 2.62 bits per heavy atom. The lowest BCUT2D eigenvalue weighted by molar-refractivity contribution is -0.384.